The zero-order valence-corrected chi connectivity index (χ0v) is 12.4. The fourth-order valence-electron chi connectivity index (χ4n) is 2.78. The summed E-state index contributed by atoms with van der Waals surface area (Å²) in [7, 11) is 0. The third-order valence-electron chi connectivity index (χ3n) is 4.06. The van der Waals surface area contributed by atoms with Crippen LogP contribution in [-0.2, 0) is 12.8 Å². The molecule has 0 heterocycles. The van der Waals surface area contributed by atoms with Crippen molar-refractivity contribution in [2.45, 2.75) is 25.7 Å². The Hall–Kier alpha value is -2.42. The maximum atomic E-state index is 12.2. The molecule has 0 aromatic heterocycles. The molecule has 2 aromatic rings. The van der Waals surface area contributed by atoms with Crippen LogP contribution in [0.3, 0.4) is 0 Å². The Bertz CT molecular complexity index is 686. The van der Waals surface area contributed by atoms with Crippen molar-refractivity contribution in [3.8, 4) is 5.75 Å². The highest BCUT2D eigenvalue weighted by atomic mass is 16.5. The molecule has 0 bridgehead atoms. The first-order valence-corrected chi connectivity index (χ1v) is 7.59. The summed E-state index contributed by atoms with van der Waals surface area (Å²) >= 11 is 0. The van der Waals surface area contributed by atoms with E-state index < -0.39 is 0 Å². The maximum Gasteiger partial charge on any atom is 0.200 e. The predicted octanol–water partition coefficient (Wildman–Crippen LogP) is 3.64. The van der Waals surface area contributed by atoms with E-state index in [0.29, 0.717) is 16.9 Å². The van der Waals surface area contributed by atoms with E-state index in [2.05, 4.69) is 6.07 Å². The van der Waals surface area contributed by atoms with Gasteiger partial charge in [0.15, 0.2) is 12.4 Å². The highest BCUT2D eigenvalue weighted by Gasteiger charge is 2.13. The van der Waals surface area contributed by atoms with Gasteiger partial charge in [0.25, 0.3) is 0 Å². The number of fused-ring (bicyclic) bond motifs is 1. The van der Waals surface area contributed by atoms with Crippen LogP contribution in [0.2, 0.25) is 0 Å². The number of aldehydes is 1. The molecule has 1 aliphatic rings. The minimum Gasteiger partial charge on any atom is -0.485 e. The molecule has 3 rings (SSSR count). The fourth-order valence-corrected chi connectivity index (χ4v) is 2.78. The summed E-state index contributed by atoms with van der Waals surface area (Å²) in [5.74, 6) is 0.574. The summed E-state index contributed by atoms with van der Waals surface area (Å²) in [5.41, 5.74) is 3.97. The van der Waals surface area contributed by atoms with E-state index in [1.807, 2.05) is 12.1 Å². The number of rotatable bonds is 5. The molecule has 0 saturated heterocycles. The molecule has 22 heavy (non-hydrogen) atoms. The third-order valence-corrected chi connectivity index (χ3v) is 4.06. The van der Waals surface area contributed by atoms with Crippen molar-refractivity contribution in [1.82, 2.24) is 0 Å². The minimum atomic E-state index is -0.0205. The fraction of sp³-hybridized carbons (Fsp3) is 0.263. The first-order valence-electron chi connectivity index (χ1n) is 7.59. The number of carbonyl (C=O) groups excluding carboxylic acids is 2. The zero-order valence-electron chi connectivity index (χ0n) is 12.4. The first-order chi connectivity index (χ1) is 10.8. The highest BCUT2D eigenvalue weighted by Crippen LogP contribution is 2.22. The highest BCUT2D eigenvalue weighted by molar-refractivity contribution is 5.97. The van der Waals surface area contributed by atoms with Crippen molar-refractivity contribution < 1.29 is 14.3 Å². The molecule has 3 nitrogen and oxygen atoms in total. The Morgan fingerprint density at radius 3 is 2.45 bits per heavy atom. The number of ketones is 1. The van der Waals surface area contributed by atoms with Crippen molar-refractivity contribution >= 4 is 12.1 Å². The number of hydrogen-bond acceptors (Lipinski definition) is 3. The van der Waals surface area contributed by atoms with Crippen LogP contribution < -0.4 is 4.74 Å². The molecule has 0 fully saturated rings. The molecule has 0 saturated carbocycles. The van der Waals surface area contributed by atoms with Crippen LogP contribution in [0.5, 0.6) is 5.75 Å². The Kier molecular flexibility index (Phi) is 4.33. The van der Waals surface area contributed by atoms with Gasteiger partial charge in [0.05, 0.1) is 0 Å². The summed E-state index contributed by atoms with van der Waals surface area (Å²) in [6.45, 7) is 0.0131. The Balaban J connectivity index is 1.65. The van der Waals surface area contributed by atoms with Crippen molar-refractivity contribution in [2.75, 3.05) is 6.61 Å². The van der Waals surface area contributed by atoms with Crippen LogP contribution in [0, 0.1) is 0 Å². The molecule has 0 N–H and O–H groups in total. The predicted molar refractivity (Wildman–Crippen MR) is 84.7 cm³/mol. The van der Waals surface area contributed by atoms with E-state index in [0.717, 1.165) is 19.1 Å². The van der Waals surface area contributed by atoms with Crippen molar-refractivity contribution in [3.63, 3.8) is 0 Å². The lowest BCUT2D eigenvalue weighted by Gasteiger charge is -2.16. The number of hydrogen-bond donors (Lipinski definition) is 0. The summed E-state index contributed by atoms with van der Waals surface area (Å²) in [5, 5.41) is 0. The van der Waals surface area contributed by atoms with E-state index in [9.17, 15) is 9.59 Å². The molecule has 0 amide bonds. The number of carbonyl (C=O) groups is 2. The van der Waals surface area contributed by atoms with Crippen LogP contribution in [0.4, 0.5) is 0 Å². The molecule has 112 valence electrons. The van der Waals surface area contributed by atoms with Crippen LogP contribution >= 0.6 is 0 Å². The van der Waals surface area contributed by atoms with Gasteiger partial charge in [-0.1, -0.05) is 12.1 Å². The minimum absolute atomic E-state index is 0.0131. The van der Waals surface area contributed by atoms with E-state index in [4.69, 9.17) is 4.74 Å². The topological polar surface area (TPSA) is 43.4 Å². The van der Waals surface area contributed by atoms with Gasteiger partial charge >= 0.3 is 0 Å². The molecule has 0 radical (unpaired) electrons. The van der Waals surface area contributed by atoms with Gasteiger partial charge in [0, 0.05) is 11.1 Å². The van der Waals surface area contributed by atoms with Crippen LogP contribution in [-0.4, -0.2) is 18.7 Å². The second-order valence-electron chi connectivity index (χ2n) is 5.59. The lowest BCUT2D eigenvalue weighted by Crippen LogP contribution is -2.13. The lowest BCUT2D eigenvalue weighted by molar-refractivity contribution is 0.0921. The second kappa shape index (κ2) is 6.56. The molecular formula is C19H18O3. The molecular weight excluding hydrogens is 276 g/mol. The quantitative estimate of drug-likeness (QED) is 0.624. The van der Waals surface area contributed by atoms with Crippen LogP contribution in [0.1, 0.15) is 44.7 Å². The van der Waals surface area contributed by atoms with Gasteiger partial charge in [0.2, 0.25) is 0 Å². The second-order valence-corrected chi connectivity index (χ2v) is 5.59. The van der Waals surface area contributed by atoms with Crippen LogP contribution in [0.25, 0.3) is 0 Å². The normalized spacial score (nSPS) is 13.3. The van der Waals surface area contributed by atoms with Gasteiger partial charge in [-0.25, -0.2) is 0 Å². The Morgan fingerprint density at radius 1 is 1.00 bits per heavy atom. The standard InChI is InChI=1S/C19H18O3/c20-12-14-5-9-18(10-6-14)22-13-19(21)17-8-7-15-3-1-2-4-16(15)11-17/h5-12H,1-4,13H2. The largest absolute Gasteiger partial charge is 0.485 e. The number of Topliss-reactive ketones (excluding diaryl/α,β-unsaturated/α-hetero) is 1. The average molecular weight is 294 g/mol. The molecule has 0 atom stereocenters. The number of benzene rings is 2. The summed E-state index contributed by atoms with van der Waals surface area (Å²) in [6.07, 6.45) is 5.39. The van der Waals surface area contributed by atoms with Crippen LogP contribution in [0.15, 0.2) is 42.5 Å². The van der Waals surface area contributed by atoms with E-state index >= 15 is 0 Å². The Morgan fingerprint density at radius 2 is 1.73 bits per heavy atom. The molecule has 0 aliphatic heterocycles. The molecule has 2 aromatic carbocycles. The van der Waals surface area contributed by atoms with Gasteiger partial charge in [-0.05, 0) is 67.1 Å². The van der Waals surface area contributed by atoms with Gasteiger partial charge < -0.3 is 4.74 Å². The summed E-state index contributed by atoms with van der Waals surface area (Å²) in [4.78, 5) is 22.8. The molecule has 1 aliphatic carbocycles. The first kappa shape index (κ1) is 14.5. The number of ether oxygens (including phenoxy) is 1. The maximum absolute atomic E-state index is 12.2. The lowest BCUT2D eigenvalue weighted by atomic mass is 9.90. The smallest absolute Gasteiger partial charge is 0.200 e. The van der Waals surface area contributed by atoms with Crippen molar-refractivity contribution in [3.05, 3.63) is 64.7 Å². The Labute approximate surface area is 129 Å². The average Bonchev–Trinajstić information content (AvgIpc) is 2.59. The van der Waals surface area contributed by atoms with E-state index in [1.165, 1.54) is 24.0 Å². The van der Waals surface area contributed by atoms with Gasteiger partial charge in [0.1, 0.15) is 12.0 Å². The van der Waals surface area contributed by atoms with E-state index in [1.54, 1.807) is 24.3 Å². The van der Waals surface area contributed by atoms with Gasteiger partial charge in [-0.3, -0.25) is 9.59 Å². The monoisotopic (exact) mass is 294 g/mol. The summed E-state index contributed by atoms with van der Waals surface area (Å²) < 4.78 is 5.50. The molecule has 3 heteroatoms. The van der Waals surface area contributed by atoms with Crippen molar-refractivity contribution in [2.24, 2.45) is 0 Å². The zero-order chi connectivity index (χ0) is 15.4. The summed E-state index contributed by atoms with van der Waals surface area (Å²) in [6, 6.07) is 12.7. The molecule has 0 unspecified atom stereocenters. The number of aryl methyl sites for hydroxylation is 2. The molecule has 0 spiro atoms. The van der Waals surface area contributed by atoms with Crippen molar-refractivity contribution in [1.29, 1.82) is 0 Å². The van der Waals surface area contributed by atoms with E-state index in [-0.39, 0.29) is 12.4 Å². The third kappa shape index (κ3) is 3.25. The SMILES string of the molecule is O=Cc1ccc(OCC(=O)c2ccc3c(c2)CCCC3)cc1. The van der Waals surface area contributed by atoms with Gasteiger partial charge in [-0.2, -0.15) is 0 Å². The van der Waals surface area contributed by atoms with Gasteiger partial charge in [-0.15, -0.1) is 0 Å².